The Balaban J connectivity index is 1.73. The lowest BCUT2D eigenvalue weighted by Gasteiger charge is -2.35. The first-order chi connectivity index (χ1) is 18.2. The molecule has 0 unspecified atom stereocenters. The van der Waals surface area contributed by atoms with Gasteiger partial charge in [0.1, 0.15) is 17.8 Å². The molecule has 212 valence electrons. The zero-order chi connectivity index (χ0) is 29.1. The van der Waals surface area contributed by atoms with Crippen molar-refractivity contribution in [3.8, 4) is 10.4 Å². The van der Waals surface area contributed by atoms with E-state index in [1.165, 1.54) is 23.2 Å². The number of carbonyl (C=O) groups is 4. The molecule has 0 radical (unpaired) electrons. The molecule has 1 aliphatic heterocycles. The molecule has 1 aromatic carbocycles. The largest absolute Gasteiger partial charge is 0.391 e. The predicted octanol–water partition coefficient (Wildman–Crippen LogP) is 2.64. The summed E-state index contributed by atoms with van der Waals surface area (Å²) in [6, 6.07) is 5.46. The third-order valence-electron chi connectivity index (χ3n) is 6.56. The van der Waals surface area contributed by atoms with E-state index in [1.54, 1.807) is 5.51 Å². The number of aliphatic hydroxyl groups is 1. The molecule has 0 aliphatic carbocycles. The summed E-state index contributed by atoms with van der Waals surface area (Å²) in [5.41, 5.74) is 3.11. The molecular weight excluding hydrogens is 518 g/mol. The zero-order valence-electron chi connectivity index (χ0n) is 23.6. The van der Waals surface area contributed by atoms with Crippen LogP contribution in [0.3, 0.4) is 0 Å². The highest BCUT2D eigenvalue weighted by Gasteiger charge is 2.44. The number of nitrogens with one attached hydrogen (secondary N) is 3. The average Bonchev–Trinajstić information content (AvgIpc) is 3.48. The van der Waals surface area contributed by atoms with Crippen molar-refractivity contribution in [1.82, 2.24) is 25.8 Å². The smallest absolute Gasteiger partial charge is 0.271 e. The highest BCUT2D eigenvalue weighted by Crippen LogP contribution is 2.30. The van der Waals surface area contributed by atoms with E-state index in [0.717, 1.165) is 16.0 Å². The molecule has 4 atom stereocenters. The van der Waals surface area contributed by atoms with Crippen molar-refractivity contribution in [1.29, 1.82) is 0 Å². The lowest BCUT2D eigenvalue weighted by molar-refractivity contribution is -0.144. The van der Waals surface area contributed by atoms with Gasteiger partial charge < -0.3 is 26.0 Å². The van der Waals surface area contributed by atoms with E-state index in [9.17, 15) is 24.3 Å². The van der Waals surface area contributed by atoms with Crippen LogP contribution in [0.5, 0.6) is 0 Å². The second-order valence-corrected chi connectivity index (χ2v) is 12.3. The fraction of sp³-hybridized carbons (Fsp3) is 0.536. The number of carbonyl (C=O) groups excluding carboxylic acids is 4. The molecular formula is C28H39N5O5S. The van der Waals surface area contributed by atoms with Crippen LogP contribution in [0, 0.1) is 5.41 Å². The van der Waals surface area contributed by atoms with Crippen LogP contribution in [0.1, 0.15) is 77.0 Å². The van der Waals surface area contributed by atoms with Crippen LogP contribution in [0.4, 0.5) is 0 Å². The number of nitrogens with zero attached hydrogens (tertiary/aromatic N) is 2. The summed E-state index contributed by atoms with van der Waals surface area (Å²) < 4.78 is 0. The highest BCUT2D eigenvalue weighted by molar-refractivity contribution is 7.13. The van der Waals surface area contributed by atoms with Crippen LogP contribution in [0.2, 0.25) is 0 Å². The first kappa shape index (κ1) is 30.2. The Bertz CT molecular complexity index is 1200. The van der Waals surface area contributed by atoms with Crippen molar-refractivity contribution in [2.45, 2.75) is 85.2 Å². The lowest BCUT2D eigenvalue weighted by Crippen LogP contribution is -2.57. The maximum atomic E-state index is 13.4. The van der Waals surface area contributed by atoms with Crippen LogP contribution in [0.25, 0.3) is 10.4 Å². The van der Waals surface area contributed by atoms with Gasteiger partial charge in [0.2, 0.25) is 17.7 Å². The average molecular weight is 558 g/mol. The van der Waals surface area contributed by atoms with Crippen LogP contribution < -0.4 is 16.0 Å². The maximum Gasteiger partial charge on any atom is 0.271 e. The molecule has 1 aliphatic rings. The van der Waals surface area contributed by atoms with Crippen molar-refractivity contribution >= 4 is 35.0 Å². The maximum absolute atomic E-state index is 13.4. The number of β-amino-alcohol motifs (C(OH)–C–C–N with tert-alkyl or cyclic N) is 1. The van der Waals surface area contributed by atoms with E-state index in [4.69, 9.17) is 0 Å². The fourth-order valence-corrected chi connectivity index (χ4v) is 5.38. The van der Waals surface area contributed by atoms with Gasteiger partial charge >= 0.3 is 0 Å². The predicted molar refractivity (Wildman–Crippen MR) is 150 cm³/mol. The van der Waals surface area contributed by atoms with Crippen molar-refractivity contribution < 1.29 is 24.3 Å². The molecule has 1 fully saturated rings. The number of amides is 4. The van der Waals surface area contributed by atoms with E-state index in [1.807, 2.05) is 65.8 Å². The lowest BCUT2D eigenvalue weighted by atomic mass is 9.85. The summed E-state index contributed by atoms with van der Waals surface area (Å²) in [5.74, 6) is -1.33. The van der Waals surface area contributed by atoms with E-state index < -0.39 is 29.5 Å². The molecule has 3 rings (SSSR count). The van der Waals surface area contributed by atoms with Gasteiger partial charge in [0.25, 0.3) is 5.91 Å². The molecule has 1 saturated heterocycles. The first-order valence-electron chi connectivity index (χ1n) is 13.1. The van der Waals surface area contributed by atoms with E-state index in [2.05, 4.69) is 20.9 Å². The zero-order valence-corrected chi connectivity index (χ0v) is 24.4. The summed E-state index contributed by atoms with van der Waals surface area (Å²) in [6.07, 6.45) is -0.717. The van der Waals surface area contributed by atoms with Crippen molar-refractivity contribution in [2.75, 3.05) is 6.54 Å². The Morgan fingerprint density at radius 1 is 1.05 bits per heavy atom. The van der Waals surface area contributed by atoms with Gasteiger partial charge in [-0.2, -0.15) is 0 Å². The molecule has 0 bridgehead atoms. The Morgan fingerprint density at radius 2 is 1.69 bits per heavy atom. The molecule has 11 heteroatoms. The highest BCUT2D eigenvalue weighted by atomic mass is 32.1. The summed E-state index contributed by atoms with van der Waals surface area (Å²) in [4.78, 5) is 57.3. The summed E-state index contributed by atoms with van der Waals surface area (Å²) in [6.45, 7) is 12.5. The van der Waals surface area contributed by atoms with Crippen molar-refractivity contribution in [3.05, 3.63) is 41.0 Å². The third-order valence-corrected chi connectivity index (χ3v) is 7.43. The number of aromatic nitrogens is 1. The van der Waals surface area contributed by atoms with Crippen LogP contribution in [-0.4, -0.2) is 69.4 Å². The SMILES string of the molecule is CC(=O)N[C@H](C(=O)N1C[C@H](O)C[C@H]1C(=O)N[C@@H](C)c1ccc(-c2scnc2C(=O)NC(C)C)cc1)C(C)(C)C. The Hall–Kier alpha value is -3.31. The number of rotatable bonds is 8. The molecule has 39 heavy (non-hydrogen) atoms. The molecule has 0 saturated carbocycles. The van der Waals surface area contributed by atoms with Crippen LogP contribution in [0.15, 0.2) is 29.8 Å². The summed E-state index contributed by atoms with van der Waals surface area (Å²) >= 11 is 1.38. The van der Waals surface area contributed by atoms with Gasteiger partial charge in [-0.3, -0.25) is 19.2 Å². The molecule has 1 aromatic heterocycles. The standard InChI is InChI=1S/C28H39N5O5S/c1-15(2)30-26(37)22-23(39-14-29-22)19-10-8-18(9-11-19)16(3)31-25(36)21-12-20(35)13-33(21)27(38)24(28(5,6)7)32-17(4)34/h8-11,14-16,20-21,24,35H,12-13H2,1-7H3,(H,30,37)(H,31,36)(H,32,34)/t16-,20+,21-,24+/m0/s1. The summed E-state index contributed by atoms with van der Waals surface area (Å²) in [7, 11) is 0. The summed E-state index contributed by atoms with van der Waals surface area (Å²) in [5, 5.41) is 18.8. The number of thiazole rings is 1. The Morgan fingerprint density at radius 3 is 2.26 bits per heavy atom. The Kier molecular flexibility index (Phi) is 9.50. The van der Waals surface area contributed by atoms with E-state index in [-0.39, 0.29) is 42.8 Å². The topological polar surface area (TPSA) is 141 Å². The van der Waals surface area contributed by atoms with Gasteiger partial charge in [0, 0.05) is 25.9 Å². The minimum Gasteiger partial charge on any atom is -0.391 e. The second-order valence-electron chi connectivity index (χ2n) is 11.4. The van der Waals surface area contributed by atoms with E-state index in [0.29, 0.717) is 5.69 Å². The van der Waals surface area contributed by atoms with Gasteiger partial charge in [-0.05, 0) is 37.3 Å². The molecule has 2 heterocycles. The molecule has 0 spiro atoms. The number of benzene rings is 1. The minimum atomic E-state index is -0.855. The van der Waals surface area contributed by atoms with Gasteiger partial charge in [-0.1, -0.05) is 45.0 Å². The number of aliphatic hydroxyl groups excluding tert-OH is 1. The van der Waals surface area contributed by atoms with Crippen LogP contribution in [-0.2, 0) is 14.4 Å². The third kappa shape index (κ3) is 7.42. The molecule has 10 nitrogen and oxygen atoms in total. The monoisotopic (exact) mass is 557 g/mol. The number of hydrogen-bond acceptors (Lipinski definition) is 7. The molecule has 4 amide bonds. The first-order valence-corrected chi connectivity index (χ1v) is 14.0. The van der Waals surface area contributed by atoms with Gasteiger partial charge in [0.15, 0.2) is 0 Å². The number of likely N-dealkylation sites (tertiary alicyclic amines) is 1. The van der Waals surface area contributed by atoms with Crippen molar-refractivity contribution in [3.63, 3.8) is 0 Å². The fourth-order valence-electron chi connectivity index (χ4n) is 4.58. The normalized spacial score (nSPS) is 18.9. The minimum absolute atomic E-state index is 0.00386. The van der Waals surface area contributed by atoms with Gasteiger partial charge in [-0.15, -0.1) is 11.3 Å². The molecule has 2 aromatic rings. The van der Waals surface area contributed by atoms with Crippen LogP contribution >= 0.6 is 11.3 Å². The Labute approximate surface area is 233 Å². The molecule has 4 N–H and O–H groups in total. The van der Waals surface area contributed by atoms with Crippen molar-refractivity contribution in [2.24, 2.45) is 5.41 Å². The number of hydrogen-bond donors (Lipinski definition) is 4. The quantitative estimate of drug-likeness (QED) is 0.393. The second kappa shape index (κ2) is 12.3. The van der Waals surface area contributed by atoms with E-state index >= 15 is 0 Å². The van der Waals surface area contributed by atoms with Gasteiger partial charge in [-0.25, -0.2) is 4.98 Å². The van der Waals surface area contributed by atoms with Gasteiger partial charge in [0.05, 0.1) is 22.5 Å².